The number of carbonyl (C=O) groups excluding carboxylic acids is 1. The van der Waals surface area contributed by atoms with E-state index in [1.54, 1.807) is 0 Å². The van der Waals surface area contributed by atoms with Crippen molar-refractivity contribution in [1.82, 2.24) is 4.72 Å². The smallest absolute Gasteiger partial charge is 0.341 e. The molecule has 112 valence electrons. The number of aryl methyl sites for hydroxylation is 1. The van der Waals surface area contributed by atoms with Crippen molar-refractivity contribution in [3.8, 4) is 0 Å². The number of carbonyl (C=O) groups is 1. The molecule has 1 fully saturated rings. The van der Waals surface area contributed by atoms with Gasteiger partial charge in [-0.25, -0.2) is 17.9 Å². The Morgan fingerprint density at radius 3 is 2.75 bits per heavy atom. The average Bonchev–Trinajstić information content (AvgIpc) is 3.17. The highest BCUT2D eigenvalue weighted by atomic mass is 32.2. The molecule has 8 heteroatoms. The van der Waals surface area contributed by atoms with Crippen LogP contribution in [0.25, 0.3) is 0 Å². The number of nitrogens with two attached hydrogens (primary N) is 1. The van der Waals surface area contributed by atoms with Crippen molar-refractivity contribution in [2.75, 3.05) is 13.7 Å². The van der Waals surface area contributed by atoms with E-state index in [1.165, 1.54) is 20.1 Å². The van der Waals surface area contributed by atoms with E-state index in [0.29, 0.717) is 0 Å². The zero-order valence-electron chi connectivity index (χ0n) is 11.4. The van der Waals surface area contributed by atoms with Crippen molar-refractivity contribution in [1.29, 1.82) is 0 Å². The zero-order chi connectivity index (χ0) is 14.9. The van der Waals surface area contributed by atoms with Crippen molar-refractivity contribution in [3.63, 3.8) is 0 Å². The first-order valence-corrected chi connectivity index (χ1v) is 7.78. The van der Waals surface area contributed by atoms with Crippen LogP contribution in [0.4, 0.5) is 0 Å². The van der Waals surface area contributed by atoms with Gasteiger partial charge in [0, 0.05) is 18.7 Å². The van der Waals surface area contributed by atoms with Crippen LogP contribution < -0.4 is 10.5 Å². The van der Waals surface area contributed by atoms with E-state index in [2.05, 4.69) is 9.46 Å². The fraction of sp³-hybridized carbons (Fsp3) is 0.583. The molecule has 3 N–H and O–H groups in total. The van der Waals surface area contributed by atoms with Gasteiger partial charge < -0.3 is 14.9 Å². The lowest BCUT2D eigenvalue weighted by Crippen LogP contribution is -2.41. The summed E-state index contributed by atoms with van der Waals surface area (Å²) in [5.41, 5.74) is 5.67. The highest BCUT2D eigenvalue weighted by Crippen LogP contribution is 2.33. The van der Waals surface area contributed by atoms with Crippen molar-refractivity contribution in [2.45, 2.75) is 30.9 Å². The molecule has 1 aromatic heterocycles. The third-order valence-electron chi connectivity index (χ3n) is 3.32. The van der Waals surface area contributed by atoms with Gasteiger partial charge in [0.25, 0.3) is 10.0 Å². The summed E-state index contributed by atoms with van der Waals surface area (Å²) in [5, 5.41) is -0.297. The van der Waals surface area contributed by atoms with Crippen LogP contribution in [0.2, 0.25) is 0 Å². The summed E-state index contributed by atoms with van der Waals surface area (Å²) in [4.78, 5) is 11.5. The highest BCUT2D eigenvalue weighted by Gasteiger charge is 2.35. The van der Waals surface area contributed by atoms with Crippen molar-refractivity contribution in [3.05, 3.63) is 17.4 Å². The van der Waals surface area contributed by atoms with Crippen LogP contribution in [-0.2, 0) is 14.8 Å². The predicted octanol–water partition coefficient (Wildman–Crippen LogP) is 0.390. The van der Waals surface area contributed by atoms with Crippen molar-refractivity contribution >= 4 is 16.0 Å². The van der Waals surface area contributed by atoms with Gasteiger partial charge >= 0.3 is 5.97 Å². The molecule has 1 heterocycles. The minimum Gasteiger partial charge on any atom is -0.465 e. The van der Waals surface area contributed by atoms with Crippen molar-refractivity contribution < 1.29 is 22.4 Å². The van der Waals surface area contributed by atoms with Crippen LogP contribution in [0.5, 0.6) is 0 Å². The Morgan fingerprint density at radius 2 is 2.25 bits per heavy atom. The summed E-state index contributed by atoms with van der Waals surface area (Å²) in [6.45, 7) is 1.74. The molecule has 1 aliphatic carbocycles. The lowest BCUT2D eigenvalue weighted by atomic mass is 10.2. The second-order valence-corrected chi connectivity index (χ2v) is 6.47. The minimum atomic E-state index is -3.82. The first-order valence-electron chi connectivity index (χ1n) is 6.30. The van der Waals surface area contributed by atoms with Gasteiger partial charge in [-0.3, -0.25) is 0 Å². The molecule has 0 aromatic carbocycles. The van der Waals surface area contributed by atoms with Gasteiger partial charge in [-0.2, -0.15) is 0 Å². The zero-order valence-corrected chi connectivity index (χ0v) is 12.2. The molecule has 0 spiro atoms. The van der Waals surface area contributed by atoms with Crippen LogP contribution in [-0.4, -0.2) is 34.1 Å². The monoisotopic (exact) mass is 302 g/mol. The van der Waals surface area contributed by atoms with E-state index >= 15 is 0 Å². The lowest BCUT2D eigenvalue weighted by Gasteiger charge is -2.14. The summed E-state index contributed by atoms with van der Waals surface area (Å²) < 4.78 is 36.6. The average molecular weight is 302 g/mol. The number of nitrogens with one attached hydrogen (secondary N) is 1. The third-order valence-corrected chi connectivity index (χ3v) is 4.66. The fourth-order valence-electron chi connectivity index (χ4n) is 1.99. The maximum atomic E-state index is 12.2. The molecule has 1 aliphatic rings. The molecule has 1 saturated carbocycles. The SMILES string of the molecule is COC(=O)c1cc(S(=O)(=O)NC(CN)C2CC2)oc1C. The number of rotatable bonds is 6. The molecule has 0 bridgehead atoms. The van der Waals surface area contributed by atoms with Gasteiger partial charge in [-0.05, 0) is 25.7 Å². The molecule has 0 radical (unpaired) electrons. The maximum absolute atomic E-state index is 12.2. The van der Waals surface area contributed by atoms with Gasteiger partial charge in [0.1, 0.15) is 11.3 Å². The van der Waals surface area contributed by atoms with Gasteiger partial charge in [-0.15, -0.1) is 0 Å². The summed E-state index contributed by atoms with van der Waals surface area (Å²) in [5.74, 6) is -0.149. The number of methoxy groups -OCH3 is 1. The number of ether oxygens (including phenoxy) is 1. The standard InChI is InChI=1S/C12H18N2O5S/c1-7-9(12(15)18-2)5-11(19-7)20(16,17)14-10(6-13)8-3-4-8/h5,8,10,14H,3-4,6,13H2,1-2H3. The van der Waals surface area contributed by atoms with Gasteiger partial charge in [0.15, 0.2) is 0 Å². The van der Waals surface area contributed by atoms with Crippen LogP contribution in [0.3, 0.4) is 0 Å². The molecule has 0 aliphatic heterocycles. The fourth-order valence-corrected chi connectivity index (χ4v) is 3.30. The van der Waals surface area contributed by atoms with E-state index in [0.717, 1.165) is 12.8 Å². The van der Waals surface area contributed by atoms with Gasteiger partial charge in [-0.1, -0.05) is 0 Å². The number of esters is 1. The second-order valence-electron chi connectivity index (χ2n) is 4.83. The summed E-state index contributed by atoms with van der Waals surface area (Å²) in [6, 6.07) is 0.872. The molecular weight excluding hydrogens is 284 g/mol. The van der Waals surface area contributed by atoms with Gasteiger partial charge in [0.05, 0.1) is 7.11 Å². The molecule has 1 atom stereocenters. The molecule has 7 nitrogen and oxygen atoms in total. The second kappa shape index (κ2) is 5.55. The first-order chi connectivity index (χ1) is 9.39. The number of furan rings is 1. The van der Waals surface area contributed by atoms with E-state index in [9.17, 15) is 13.2 Å². The summed E-state index contributed by atoms with van der Waals surface area (Å²) in [7, 11) is -2.60. The Labute approximate surface area is 117 Å². The first kappa shape index (κ1) is 15.0. The Kier molecular flexibility index (Phi) is 4.17. The maximum Gasteiger partial charge on any atom is 0.341 e. The van der Waals surface area contributed by atoms with E-state index in [4.69, 9.17) is 10.2 Å². The predicted molar refractivity (Wildman–Crippen MR) is 70.7 cm³/mol. The van der Waals surface area contributed by atoms with E-state index < -0.39 is 16.0 Å². The lowest BCUT2D eigenvalue weighted by molar-refractivity contribution is 0.0599. The molecule has 20 heavy (non-hydrogen) atoms. The third kappa shape index (κ3) is 3.02. The highest BCUT2D eigenvalue weighted by molar-refractivity contribution is 7.89. The molecular formula is C12H18N2O5S. The summed E-state index contributed by atoms with van der Waals surface area (Å²) in [6.07, 6.45) is 1.93. The van der Waals surface area contributed by atoms with Gasteiger partial charge in [0.2, 0.25) is 5.09 Å². The normalized spacial score (nSPS) is 16.9. The largest absolute Gasteiger partial charge is 0.465 e. The topological polar surface area (TPSA) is 112 Å². The Bertz CT molecular complexity index is 603. The van der Waals surface area contributed by atoms with Crippen LogP contribution in [0.15, 0.2) is 15.6 Å². The Balaban J connectivity index is 2.23. The quantitative estimate of drug-likeness (QED) is 0.735. The molecule has 1 unspecified atom stereocenters. The summed E-state index contributed by atoms with van der Waals surface area (Å²) >= 11 is 0. The number of sulfonamides is 1. The number of hydrogen-bond donors (Lipinski definition) is 2. The molecule has 1 aromatic rings. The Hall–Kier alpha value is -1.38. The van der Waals surface area contributed by atoms with Crippen LogP contribution >= 0.6 is 0 Å². The number of hydrogen-bond acceptors (Lipinski definition) is 6. The van der Waals surface area contributed by atoms with E-state index in [-0.39, 0.29) is 34.9 Å². The Morgan fingerprint density at radius 1 is 1.60 bits per heavy atom. The molecule has 2 rings (SSSR count). The molecule has 0 saturated heterocycles. The van der Waals surface area contributed by atoms with Crippen LogP contribution in [0.1, 0.15) is 29.0 Å². The minimum absolute atomic E-state index is 0.101. The van der Waals surface area contributed by atoms with E-state index in [1.807, 2.05) is 0 Å². The van der Waals surface area contributed by atoms with Crippen molar-refractivity contribution in [2.24, 2.45) is 11.7 Å². The van der Waals surface area contributed by atoms with Crippen LogP contribution in [0, 0.1) is 12.8 Å². The molecule has 0 amide bonds.